The Morgan fingerprint density at radius 3 is 2.27 bits per heavy atom. The third-order valence-electron chi connectivity index (χ3n) is 6.01. The first kappa shape index (κ1) is 20.7. The number of nitrogens with zero attached hydrogens (tertiary/aromatic N) is 2. The lowest BCUT2D eigenvalue weighted by atomic mass is 10.00. The lowest BCUT2D eigenvalue weighted by molar-refractivity contribution is -0.133. The molecular weight excluding hydrogens is 376 g/mol. The maximum absolute atomic E-state index is 12.6. The van der Waals surface area contributed by atoms with E-state index in [4.69, 9.17) is 9.47 Å². The third-order valence-corrected chi connectivity index (χ3v) is 6.01. The number of benzene rings is 2. The molecule has 1 amide bonds. The van der Waals surface area contributed by atoms with Crippen LogP contribution in [0.5, 0.6) is 11.5 Å². The van der Waals surface area contributed by atoms with Crippen molar-refractivity contribution in [2.24, 2.45) is 0 Å². The highest BCUT2D eigenvalue weighted by Crippen LogP contribution is 2.31. The summed E-state index contributed by atoms with van der Waals surface area (Å²) >= 11 is 0. The molecule has 2 aromatic carbocycles. The van der Waals surface area contributed by atoms with Crippen LogP contribution in [0.2, 0.25) is 0 Å². The van der Waals surface area contributed by atoms with Gasteiger partial charge in [-0.3, -0.25) is 9.69 Å². The van der Waals surface area contributed by atoms with Gasteiger partial charge in [-0.05, 0) is 41.2 Å². The lowest BCUT2D eigenvalue weighted by Crippen LogP contribution is -2.48. The maximum atomic E-state index is 12.6. The van der Waals surface area contributed by atoms with E-state index < -0.39 is 0 Å². The van der Waals surface area contributed by atoms with Crippen LogP contribution in [0.25, 0.3) is 0 Å². The number of rotatable bonds is 6. The van der Waals surface area contributed by atoms with Gasteiger partial charge in [0.25, 0.3) is 0 Å². The summed E-state index contributed by atoms with van der Waals surface area (Å²) in [6.45, 7) is 9.92. The number of hydrogen-bond acceptors (Lipinski definition) is 4. The van der Waals surface area contributed by atoms with E-state index in [1.54, 1.807) is 0 Å². The van der Waals surface area contributed by atoms with E-state index in [9.17, 15) is 4.79 Å². The Bertz CT molecular complexity index is 855. The Balaban J connectivity index is 1.22. The fraction of sp³-hybridized carbons (Fsp3) is 0.480. The molecule has 30 heavy (non-hydrogen) atoms. The van der Waals surface area contributed by atoms with Crippen molar-refractivity contribution in [2.45, 2.75) is 39.2 Å². The zero-order chi connectivity index (χ0) is 20.9. The first-order valence-corrected chi connectivity index (χ1v) is 11.1. The molecule has 5 nitrogen and oxygen atoms in total. The van der Waals surface area contributed by atoms with Crippen LogP contribution in [0.1, 0.15) is 42.9 Å². The molecule has 0 spiro atoms. The van der Waals surface area contributed by atoms with E-state index in [0.717, 1.165) is 50.6 Å². The summed E-state index contributed by atoms with van der Waals surface area (Å²) in [6.07, 6.45) is 1.40. The van der Waals surface area contributed by atoms with Crippen molar-refractivity contribution in [3.8, 4) is 11.5 Å². The van der Waals surface area contributed by atoms with E-state index in [-0.39, 0.29) is 5.91 Å². The van der Waals surface area contributed by atoms with Crippen molar-refractivity contribution < 1.29 is 14.3 Å². The van der Waals surface area contributed by atoms with Gasteiger partial charge in [-0.2, -0.15) is 0 Å². The Labute approximate surface area is 179 Å². The van der Waals surface area contributed by atoms with Gasteiger partial charge in [0.1, 0.15) is 13.2 Å². The van der Waals surface area contributed by atoms with Crippen LogP contribution in [0, 0.1) is 0 Å². The summed E-state index contributed by atoms with van der Waals surface area (Å²) in [4.78, 5) is 17.1. The lowest BCUT2D eigenvalue weighted by Gasteiger charge is -2.35. The van der Waals surface area contributed by atoms with E-state index in [1.807, 2.05) is 11.0 Å². The second kappa shape index (κ2) is 9.52. The standard InChI is InChI=1S/C25H32N2O3/c1-19(2)22-7-3-20(4-8-22)6-10-25(28)27-13-11-26(12-14-27)18-21-5-9-23-24(17-21)30-16-15-29-23/h3-5,7-9,17,19H,6,10-16,18H2,1-2H3. The normalized spacial score (nSPS) is 16.7. The molecule has 0 radical (unpaired) electrons. The summed E-state index contributed by atoms with van der Waals surface area (Å²) in [7, 11) is 0. The van der Waals surface area contributed by atoms with Gasteiger partial charge in [0.2, 0.25) is 5.91 Å². The second-order valence-electron chi connectivity index (χ2n) is 8.53. The molecule has 0 N–H and O–H groups in total. The number of piperazine rings is 1. The first-order valence-electron chi connectivity index (χ1n) is 11.1. The van der Waals surface area contributed by atoms with Gasteiger partial charge in [-0.15, -0.1) is 0 Å². The third kappa shape index (κ3) is 5.14. The van der Waals surface area contributed by atoms with Crippen LogP contribution >= 0.6 is 0 Å². The van der Waals surface area contributed by atoms with Crippen molar-refractivity contribution in [3.05, 3.63) is 59.2 Å². The number of amides is 1. The van der Waals surface area contributed by atoms with E-state index >= 15 is 0 Å². The second-order valence-corrected chi connectivity index (χ2v) is 8.53. The molecule has 0 aromatic heterocycles. The number of ether oxygens (including phenoxy) is 2. The summed E-state index contributed by atoms with van der Waals surface area (Å²) in [5, 5.41) is 0. The quantitative estimate of drug-likeness (QED) is 0.728. The predicted molar refractivity (Wildman–Crippen MR) is 118 cm³/mol. The minimum Gasteiger partial charge on any atom is -0.486 e. The largest absolute Gasteiger partial charge is 0.486 e. The van der Waals surface area contributed by atoms with Gasteiger partial charge in [-0.1, -0.05) is 44.2 Å². The highest BCUT2D eigenvalue weighted by atomic mass is 16.6. The van der Waals surface area contributed by atoms with Crippen LogP contribution in [-0.4, -0.2) is 55.1 Å². The molecule has 0 aliphatic carbocycles. The van der Waals surface area contributed by atoms with Crippen LogP contribution < -0.4 is 9.47 Å². The SMILES string of the molecule is CC(C)c1ccc(CCC(=O)N2CCN(Cc3ccc4c(c3)OCCO4)CC2)cc1. The fourth-order valence-corrected chi connectivity index (χ4v) is 4.08. The van der Waals surface area contributed by atoms with E-state index in [0.29, 0.717) is 25.6 Å². The smallest absolute Gasteiger partial charge is 0.222 e. The molecule has 2 heterocycles. The maximum Gasteiger partial charge on any atom is 0.222 e. The number of fused-ring (bicyclic) bond motifs is 1. The van der Waals surface area contributed by atoms with Crippen LogP contribution in [0.3, 0.4) is 0 Å². The van der Waals surface area contributed by atoms with Crippen LogP contribution in [-0.2, 0) is 17.8 Å². The average Bonchev–Trinajstić information content (AvgIpc) is 2.78. The topological polar surface area (TPSA) is 42.0 Å². The molecule has 160 valence electrons. The average molecular weight is 409 g/mol. The number of carbonyl (C=O) groups is 1. The summed E-state index contributed by atoms with van der Waals surface area (Å²) in [5.41, 5.74) is 3.81. The van der Waals surface area contributed by atoms with E-state index in [2.05, 4.69) is 55.1 Å². The van der Waals surface area contributed by atoms with Crippen molar-refractivity contribution in [1.82, 2.24) is 9.80 Å². The minimum absolute atomic E-state index is 0.266. The number of aryl methyl sites for hydroxylation is 1. The molecule has 1 saturated heterocycles. The zero-order valence-electron chi connectivity index (χ0n) is 18.1. The molecule has 0 bridgehead atoms. The Morgan fingerprint density at radius 1 is 0.900 bits per heavy atom. The molecule has 5 heteroatoms. The molecule has 0 saturated carbocycles. The van der Waals surface area contributed by atoms with Crippen molar-refractivity contribution in [1.29, 1.82) is 0 Å². The Morgan fingerprint density at radius 2 is 1.57 bits per heavy atom. The molecule has 4 rings (SSSR count). The summed E-state index contributed by atoms with van der Waals surface area (Å²) in [5.74, 6) is 2.48. The van der Waals surface area contributed by atoms with Crippen LogP contribution in [0.4, 0.5) is 0 Å². The van der Waals surface area contributed by atoms with Crippen molar-refractivity contribution in [2.75, 3.05) is 39.4 Å². The molecule has 0 atom stereocenters. The zero-order valence-corrected chi connectivity index (χ0v) is 18.1. The molecule has 2 aliphatic rings. The highest BCUT2D eigenvalue weighted by molar-refractivity contribution is 5.76. The number of carbonyl (C=O) groups excluding carboxylic acids is 1. The van der Waals surface area contributed by atoms with E-state index in [1.165, 1.54) is 16.7 Å². The molecule has 2 aliphatic heterocycles. The molecular formula is C25H32N2O3. The van der Waals surface area contributed by atoms with Gasteiger partial charge >= 0.3 is 0 Å². The fourth-order valence-electron chi connectivity index (χ4n) is 4.08. The molecule has 2 aromatic rings. The van der Waals surface area contributed by atoms with Gasteiger partial charge in [0, 0.05) is 39.1 Å². The Hall–Kier alpha value is -2.53. The van der Waals surface area contributed by atoms with Gasteiger partial charge < -0.3 is 14.4 Å². The van der Waals surface area contributed by atoms with Gasteiger partial charge in [-0.25, -0.2) is 0 Å². The first-order chi connectivity index (χ1) is 14.6. The number of hydrogen-bond donors (Lipinski definition) is 0. The summed E-state index contributed by atoms with van der Waals surface area (Å²) < 4.78 is 11.3. The molecule has 0 unspecified atom stereocenters. The predicted octanol–water partition coefficient (Wildman–Crippen LogP) is 3.86. The highest BCUT2D eigenvalue weighted by Gasteiger charge is 2.21. The summed E-state index contributed by atoms with van der Waals surface area (Å²) in [6, 6.07) is 14.9. The monoisotopic (exact) mass is 408 g/mol. The minimum atomic E-state index is 0.266. The Kier molecular flexibility index (Phi) is 6.58. The van der Waals surface area contributed by atoms with Gasteiger partial charge in [0.05, 0.1) is 0 Å². The van der Waals surface area contributed by atoms with Crippen molar-refractivity contribution >= 4 is 5.91 Å². The van der Waals surface area contributed by atoms with Gasteiger partial charge in [0.15, 0.2) is 11.5 Å². The van der Waals surface area contributed by atoms with Crippen LogP contribution in [0.15, 0.2) is 42.5 Å². The van der Waals surface area contributed by atoms with Crippen molar-refractivity contribution in [3.63, 3.8) is 0 Å². The molecule has 1 fully saturated rings.